The van der Waals surface area contributed by atoms with Crippen molar-refractivity contribution >= 4 is 11.3 Å². The maximum absolute atomic E-state index is 13.2. The van der Waals surface area contributed by atoms with Gasteiger partial charge in [-0.25, -0.2) is 0 Å². The number of hydrogen-bond acceptors (Lipinski definition) is 3. The first kappa shape index (κ1) is 23.2. The highest BCUT2D eigenvalue weighted by Crippen LogP contribution is 2.56. The van der Waals surface area contributed by atoms with Crippen molar-refractivity contribution in [3.8, 4) is 10.4 Å². The lowest BCUT2D eigenvalue weighted by atomic mass is 9.59. The highest BCUT2D eigenvalue weighted by Gasteiger charge is 2.45. The molecule has 1 spiro atoms. The smallest absolute Gasteiger partial charge is 0.388 e. The first-order valence-corrected chi connectivity index (χ1v) is 13.6. The van der Waals surface area contributed by atoms with Crippen molar-refractivity contribution in [1.29, 1.82) is 0 Å². The zero-order valence-corrected chi connectivity index (χ0v) is 20.5. The minimum absolute atomic E-state index is 0.189. The van der Waals surface area contributed by atoms with Crippen LogP contribution in [-0.2, 0) is 19.0 Å². The Hall–Kier alpha value is -2.18. The molecule has 3 aliphatic rings. The van der Waals surface area contributed by atoms with Crippen molar-refractivity contribution in [2.75, 3.05) is 0 Å². The molecule has 184 valence electrons. The van der Waals surface area contributed by atoms with Crippen LogP contribution < -0.4 is 0 Å². The predicted molar refractivity (Wildman–Crippen MR) is 133 cm³/mol. The molecule has 0 saturated heterocycles. The maximum Gasteiger partial charge on any atom is 0.416 e. The van der Waals surface area contributed by atoms with Crippen molar-refractivity contribution in [3.05, 3.63) is 75.4 Å². The molecule has 1 N–H and O–H groups in total. The molecule has 0 aliphatic heterocycles. The molecule has 6 heteroatoms. The second-order valence-corrected chi connectivity index (χ2v) is 11.7. The van der Waals surface area contributed by atoms with Gasteiger partial charge in [0.15, 0.2) is 0 Å². The Morgan fingerprint density at radius 1 is 1.03 bits per heavy atom. The van der Waals surface area contributed by atoms with Gasteiger partial charge in [0.25, 0.3) is 0 Å². The van der Waals surface area contributed by atoms with Crippen molar-refractivity contribution in [1.82, 2.24) is 4.98 Å². The van der Waals surface area contributed by atoms with Gasteiger partial charge in [-0.2, -0.15) is 13.2 Å². The number of pyridine rings is 1. The number of fused-ring (bicyclic) bond motifs is 1. The lowest BCUT2D eigenvalue weighted by Crippen LogP contribution is -2.38. The Morgan fingerprint density at radius 3 is 2.37 bits per heavy atom. The van der Waals surface area contributed by atoms with Gasteiger partial charge in [-0.05, 0) is 85.1 Å². The number of aliphatic hydroxyl groups is 1. The number of nitrogens with zero attached hydrogens (tertiary/aromatic N) is 1. The van der Waals surface area contributed by atoms with Gasteiger partial charge in [0.1, 0.15) is 0 Å². The highest BCUT2D eigenvalue weighted by molar-refractivity contribution is 7.13. The molecule has 35 heavy (non-hydrogen) atoms. The van der Waals surface area contributed by atoms with E-state index >= 15 is 0 Å². The van der Waals surface area contributed by atoms with Crippen LogP contribution in [0.1, 0.15) is 97.0 Å². The van der Waals surface area contributed by atoms with E-state index in [4.69, 9.17) is 4.98 Å². The monoisotopic (exact) mass is 497 g/mol. The number of thiophene rings is 1. The molecule has 0 bridgehead atoms. The molecule has 0 radical (unpaired) electrons. The van der Waals surface area contributed by atoms with Crippen molar-refractivity contribution < 1.29 is 18.3 Å². The minimum Gasteiger partial charge on any atom is -0.388 e. The van der Waals surface area contributed by atoms with Gasteiger partial charge < -0.3 is 5.11 Å². The summed E-state index contributed by atoms with van der Waals surface area (Å²) >= 11 is 1.66. The third-order valence-corrected chi connectivity index (χ3v) is 9.42. The summed E-state index contributed by atoms with van der Waals surface area (Å²) in [6.07, 6.45) is 5.45. The molecule has 2 saturated carbocycles. The minimum atomic E-state index is -4.34. The normalized spacial score (nSPS) is 21.8. The number of aromatic nitrogens is 1. The van der Waals surface area contributed by atoms with Crippen LogP contribution in [0.2, 0.25) is 0 Å². The molecule has 3 aliphatic carbocycles. The largest absolute Gasteiger partial charge is 0.416 e. The molecule has 0 amide bonds. The summed E-state index contributed by atoms with van der Waals surface area (Å²) in [6, 6.07) is 9.69. The van der Waals surface area contributed by atoms with E-state index in [2.05, 4.69) is 11.4 Å². The van der Waals surface area contributed by atoms with Gasteiger partial charge in [-0.1, -0.05) is 37.5 Å². The van der Waals surface area contributed by atoms with E-state index in [9.17, 15) is 18.3 Å². The summed E-state index contributed by atoms with van der Waals surface area (Å²) in [4.78, 5) is 6.43. The SMILES string of the molecule is OC1CC2(CCC2)Cc2nc(C3CCCC3)c(Cc3ccc(C(F)(F)F)cc3)c(-c3cccs3)c21. The Kier molecular flexibility index (Phi) is 5.80. The molecule has 2 nitrogen and oxygen atoms in total. The lowest BCUT2D eigenvalue weighted by molar-refractivity contribution is -0.137. The molecule has 3 aromatic rings. The standard InChI is InChI=1S/C29H30F3NOS/c30-29(31,32)20-10-8-18(9-11-20)15-21-25(24-7-3-14-35-24)26-22(33-27(21)19-5-1-2-6-19)16-28(12-4-13-28)17-23(26)34/h3,7-11,14,19,23,34H,1-2,4-6,12-13,15-17H2. The van der Waals surface area contributed by atoms with E-state index in [0.29, 0.717) is 12.3 Å². The molecule has 2 fully saturated rings. The summed E-state index contributed by atoms with van der Waals surface area (Å²) in [6.45, 7) is 0. The van der Waals surface area contributed by atoms with Crippen LogP contribution in [0.5, 0.6) is 0 Å². The van der Waals surface area contributed by atoms with Crippen LogP contribution in [0, 0.1) is 5.41 Å². The third-order valence-electron chi connectivity index (χ3n) is 8.53. The predicted octanol–water partition coefficient (Wildman–Crippen LogP) is 8.23. The number of halogens is 3. The molecule has 1 unspecified atom stereocenters. The van der Waals surface area contributed by atoms with Crippen molar-refractivity contribution in [2.45, 2.75) is 82.4 Å². The molecule has 2 aromatic heterocycles. The summed E-state index contributed by atoms with van der Waals surface area (Å²) in [5.41, 5.74) is 5.74. The van der Waals surface area contributed by atoms with E-state index in [1.807, 2.05) is 6.07 Å². The van der Waals surface area contributed by atoms with Gasteiger partial charge in [-0.3, -0.25) is 4.98 Å². The van der Waals surface area contributed by atoms with E-state index in [1.165, 1.54) is 31.4 Å². The summed E-state index contributed by atoms with van der Waals surface area (Å²) in [7, 11) is 0. The molecule has 6 rings (SSSR count). The van der Waals surface area contributed by atoms with Crippen LogP contribution in [0.4, 0.5) is 13.2 Å². The number of hydrogen-bond donors (Lipinski definition) is 1. The molecule has 2 heterocycles. The van der Waals surface area contributed by atoms with Crippen molar-refractivity contribution in [2.24, 2.45) is 5.41 Å². The second-order valence-electron chi connectivity index (χ2n) is 10.8. The zero-order chi connectivity index (χ0) is 24.2. The fourth-order valence-corrected chi connectivity index (χ4v) is 7.44. The topological polar surface area (TPSA) is 33.1 Å². The fourth-order valence-electron chi connectivity index (χ4n) is 6.63. The Morgan fingerprint density at radius 2 is 1.77 bits per heavy atom. The van der Waals surface area contributed by atoms with Crippen LogP contribution in [0.25, 0.3) is 10.4 Å². The second kappa shape index (κ2) is 8.74. The van der Waals surface area contributed by atoms with Gasteiger partial charge in [0, 0.05) is 33.3 Å². The van der Waals surface area contributed by atoms with E-state index in [1.54, 1.807) is 23.5 Å². The Bertz CT molecular complexity index is 1210. The quantitative estimate of drug-likeness (QED) is 0.394. The summed E-state index contributed by atoms with van der Waals surface area (Å²) in [5.74, 6) is 0.375. The van der Waals surface area contributed by atoms with E-state index < -0.39 is 17.8 Å². The third kappa shape index (κ3) is 4.23. The highest BCUT2D eigenvalue weighted by atomic mass is 32.1. The average molecular weight is 498 g/mol. The van der Waals surface area contributed by atoms with Crippen LogP contribution in [-0.4, -0.2) is 10.1 Å². The molecule has 1 aromatic carbocycles. The lowest BCUT2D eigenvalue weighted by Gasteiger charge is -2.47. The van der Waals surface area contributed by atoms with Crippen LogP contribution in [0.15, 0.2) is 41.8 Å². The first-order valence-electron chi connectivity index (χ1n) is 12.8. The summed E-state index contributed by atoms with van der Waals surface area (Å²) < 4.78 is 39.5. The summed E-state index contributed by atoms with van der Waals surface area (Å²) in [5, 5.41) is 13.5. The number of rotatable bonds is 4. The van der Waals surface area contributed by atoms with Crippen LogP contribution in [0.3, 0.4) is 0 Å². The van der Waals surface area contributed by atoms with Gasteiger partial charge in [0.2, 0.25) is 0 Å². The van der Waals surface area contributed by atoms with Crippen molar-refractivity contribution in [3.63, 3.8) is 0 Å². The number of benzene rings is 1. The molecular formula is C29H30F3NOS. The Balaban J connectivity index is 1.52. The van der Waals surface area contributed by atoms with E-state index in [0.717, 1.165) is 77.0 Å². The zero-order valence-electron chi connectivity index (χ0n) is 19.7. The van der Waals surface area contributed by atoms with Gasteiger partial charge >= 0.3 is 6.18 Å². The number of alkyl halides is 3. The molecule has 1 atom stereocenters. The Labute approximate surface area is 208 Å². The average Bonchev–Trinajstić information content (AvgIpc) is 3.52. The number of aliphatic hydroxyl groups excluding tert-OH is 1. The van der Waals surface area contributed by atoms with Crippen LogP contribution >= 0.6 is 11.3 Å². The maximum atomic E-state index is 13.2. The molecular weight excluding hydrogens is 467 g/mol. The first-order chi connectivity index (χ1) is 16.8. The van der Waals surface area contributed by atoms with Gasteiger partial charge in [0.05, 0.1) is 11.7 Å². The van der Waals surface area contributed by atoms with E-state index in [-0.39, 0.29) is 5.41 Å². The fraction of sp³-hybridized carbons (Fsp3) is 0.483. The van der Waals surface area contributed by atoms with Gasteiger partial charge in [-0.15, -0.1) is 11.3 Å².